The Morgan fingerprint density at radius 2 is 2.06 bits per heavy atom. The molecule has 1 aromatic rings. The Kier molecular flexibility index (Phi) is 3.92. The van der Waals surface area contributed by atoms with Crippen molar-refractivity contribution in [3.63, 3.8) is 0 Å². The Bertz CT molecular complexity index is 447. The van der Waals surface area contributed by atoms with Crippen molar-refractivity contribution in [1.29, 1.82) is 0 Å². The first kappa shape index (κ1) is 12.8. The van der Waals surface area contributed by atoms with Crippen molar-refractivity contribution in [2.24, 2.45) is 0 Å². The zero-order valence-corrected chi connectivity index (χ0v) is 9.39. The largest absolute Gasteiger partial charge is 0.478 e. The van der Waals surface area contributed by atoms with Gasteiger partial charge in [-0.25, -0.2) is 14.6 Å². The Morgan fingerprint density at radius 1 is 1.41 bits per heavy atom. The first-order valence-electron chi connectivity index (χ1n) is 4.86. The number of methoxy groups -OCH3 is 1. The van der Waals surface area contributed by atoms with Crippen molar-refractivity contribution in [3.8, 4) is 0 Å². The van der Waals surface area contributed by atoms with Gasteiger partial charge in [0.05, 0.1) is 7.11 Å². The molecule has 1 aromatic heterocycles. The van der Waals surface area contributed by atoms with Gasteiger partial charge in [0.2, 0.25) is 0 Å². The maximum Gasteiger partial charge on any atom is 0.357 e. The highest BCUT2D eigenvalue weighted by molar-refractivity contribution is 6.10. The van der Waals surface area contributed by atoms with Crippen molar-refractivity contribution >= 4 is 17.7 Å². The average molecular weight is 237 g/mol. The molecule has 0 spiro atoms. The number of Topliss-reactive ketones (excluding diaryl/α,β-unsaturated/α-hetero) is 1. The number of carboxylic acid groups (broad SMARTS) is 1. The van der Waals surface area contributed by atoms with Crippen LogP contribution in [0, 0.1) is 0 Å². The molecule has 0 radical (unpaired) electrons. The number of esters is 1. The molecule has 0 aliphatic rings. The number of aromatic nitrogens is 1. The topological polar surface area (TPSA) is 93.6 Å². The Balaban J connectivity index is 3.48. The van der Waals surface area contributed by atoms with E-state index >= 15 is 0 Å². The fourth-order valence-corrected chi connectivity index (χ4v) is 1.35. The van der Waals surface area contributed by atoms with Gasteiger partial charge < -0.3 is 9.84 Å². The smallest absolute Gasteiger partial charge is 0.357 e. The number of carbonyl (C=O) groups excluding carboxylic acids is 2. The summed E-state index contributed by atoms with van der Waals surface area (Å²) in [5.74, 6) is -2.63. The van der Waals surface area contributed by atoms with Crippen molar-refractivity contribution in [2.75, 3.05) is 7.11 Å². The number of carbonyl (C=O) groups is 3. The quantitative estimate of drug-likeness (QED) is 0.623. The van der Waals surface area contributed by atoms with Gasteiger partial charge in [0.1, 0.15) is 5.56 Å². The lowest BCUT2D eigenvalue weighted by molar-refractivity contribution is 0.0575. The van der Waals surface area contributed by atoms with Gasteiger partial charge in [-0.05, 0) is 6.07 Å². The zero-order chi connectivity index (χ0) is 13.0. The predicted octanol–water partition coefficient (Wildman–Crippen LogP) is 1.16. The number of ketones is 1. The molecule has 0 unspecified atom stereocenters. The zero-order valence-electron chi connectivity index (χ0n) is 9.39. The third-order valence-corrected chi connectivity index (χ3v) is 2.17. The van der Waals surface area contributed by atoms with Gasteiger partial charge in [-0.1, -0.05) is 6.92 Å². The van der Waals surface area contributed by atoms with E-state index in [2.05, 4.69) is 9.72 Å². The molecular formula is C11H11NO5. The van der Waals surface area contributed by atoms with Crippen LogP contribution in [-0.2, 0) is 4.74 Å². The fourth-order valence-electron chi connectivity index (χ4n) is 1.35. The molecule has 1 heterocycles. The molecule has 0 aromatic carbocycles. The van der Waals surface area contributed by atoms with Gasteiger partial charge in [-0.15, -0.1) is 0 Å². The number of rotatable bonds is 4. The molecule has 0 atom stereocenters. The third kappa shape index (κ3) is 2.47. The maximum absolute atomic E-state index is 11.6. The van der Waals surface area contributed by atoms with Gasteiger partial charge in [-0.2, -0.15) is 0 Å². The van der Waals surface area contributed by atoms with Crippen LogP contribution in [0.5, 0.6) is 0 Å². The summed E-state index contributed by atoms with van der Waals surface area (Å²) in [6.45, 7) is 1.60. The normalized spacial score (nSPS) is 9.76. The first-order valence-corrected chi connectivity index (χ1v) is 4.86. The van der Waals surface area contributed by atoms with Crippen LogP contribution in [0.4, 0.5) is 0 Å². The monoisotopic (exact) mass is 237 g/mol. The molecule has 0 fully saturated rings. The van der Waals surface area contributed by atoms with Crippen LogP contribution < -0.4 is 0 Å². The SMILES string of the molecule is CCC(=O)c1ccnc(C(=O)OC)c1C(=O)O. The first-order chi connectivity index (χ1) is 8.02. The minimum atomic E-state index is -1.38. The van der Waals surface area contributed by atoms with E-state index in [1.807, 2.05) is 0 Å². The number of pyridine rings is 1. The summed E-state index contributed by atoms with van der Waals surface area (Å²) in [7, 11) is 1.12. The van der Waals surface area contributed by atoms with Crippen LogP contribution in [0.1, 0.15) is 44.5 Å². The lowest BCUT2D eigenvalue weighted by Crippen LogP contribution is -2.17. The molecule has 6 heteroatoms. The minimum absolute atomic E-state index is 0.0320. The molecule has 0 aliphatic heterocycles. The van der Waals surface area contributed by atoms with Crippen LogP contribution in [-0.4, -0.2) is 34.9 Å². The van der Waals surface area contributed by atoms with Crippen molar-refractivity contribution in [1.82, 2.24) is 4.98 Å². The van der Waals surface area contributed by atoms with Gasteiger partial charge in [0, 0.05) is 18.2 Å². The molecule has 1 N–H and O–H groups in total. The second kappa shape index (κ2) is 5.20. The number of ether oxygens (including phenoxy) is 1. The van der Waals surface area contributed by atoms with E-state index in [0.717, 1.165) is 7.11 Å². The summed E-state index contributed by atoms with van der Waals surface area (Å²) in [6, 6.07) is 1.28. The fraction of sp³-hybridized carbons (Fsp3) is 0.273. The molecule has 0 bridgehead atoms. The lowest BCUT2D eigenvalue weighted by atomic mass is 10.0. The minimum Gasteiger partial charge on any atom is -0.478 e. The van der Waals surface area contributed by atoms with Crippen LogP contribution in [0.2, 0.25) is 0 Å². The summed E-state index contributed by atoms with van der Waals surface area (Å²) in [5, 5.41) is 9.04. The highest BCUT2D eigenvalue weighted by Gasteiger charge is 2.24. The molecule has 0 aliphatic carbocycles. The summed E-state index contributed by atoms with van der Waals surface area (Å²) in [6.07, 6.45) is 1.35. The molecule has 0 saturated carbocycles. The van der Waals surface area contributed by atoms with Crippen molar-refractivity contribution < 1.29 is 24.2 Å². The molecular weight excluding hydrogens is 226 g/mol. The molecule has 0 amide bonds. The number of aromatic carboxylic acids is 1. The summed E-state index contributed by atoms with van der Waals surface area (Å²) < 4.78 is 4.42. The molecule has 1 rings (SSSR count). The summed E-state index contributed by atoms with van der Waals surface area (Å²) in [4.78, 5) is 37.6. The van der Waals surface area contributed by atoms with Gasteiger partial charge in [0.25, 0.3) is 0 Å². The molecule has 17 heavy (non-hydrogen) atoms. The third-order valence-electron chi connectivity index (χ3n) is 2.17. The van der Waals surface area contributed by atoms with Crippen LogP contribution in [0.15, 0.2) is 12.3 Å². The highest BCUT2D eigenvalue weighted by atomic mass is 16.5. The standard InChI is InChI=1S/C11H11NO5/c1-3-7(13)6-4-5-12-9(11(16)17-2)8(6)10(14)15/h4-5H,3H2,1-2H3,(H,14,15). The van der Waals surface area contributed by atoms with Crippen LogP contribution in [0.3, 0.4) is 0 Å². The molecule has 6 nitrogen and oxygen atoms in total. The number of hydrogen-bond acceptors (Lipinski definition) is 5. The van der Waals surface area contributed by atoms with Crippen molar-refractivity contribution in [3.05, 3.63) is 29.1 Å². The second-order valence-corrected chi connectivity index (χ2v) is 3.16. The summed E-state index contributed by atoms with van der Waals surface area (Å²) in [5.41, 5.74) is -0.805. The summed E-state index contributed by atoms with van der Waals surface area (Å²) >= 11 is 0. The van der Waals surface area contributed by atoms with E-state index in [4.69, 9.17) is 5.11 Å². The second-order valence-electron chi connectivity index (χ2n) is 3.16. The molecule has 90 valence electrons. The van der Waals surface area contributed by atoms with E-state index < -0.39 is 17.5 Å². The Hall–Kier alpha value is -2.24. The predicted molar refractivity (Wildman–Crippen MR) is 57.2 cm³/mol. The van der Waals surface area contributed by atoms with Crippen LogP contribution >= 0.6 is 0 Å². The van der Waals surface area contributed by atoms with Gasteiger partial charge >= 0.3 is 11.9 Å². The van der Waals surface area contributed by atoms with E-state index in [0.29, 0.717) is 0 Å². The van der Waals surface area contributed by atoms with E-state index in [9.17, 15) is 14.4 Å². The number of carboxylic acids is 1. The number of hydrogen-bond donors (Lipinski definition) is 1. The van der Waals surface area contributed by atoms with Crippen molar-refractivity contribution in [2.45, 2.75) is 13.3 Å². The van der Waals surface area contributed by atoms with E-state index in [-0.39, 0.29) is 23.5 Å². The highest BCUT2D eigenvalue weighted by Crippen LogP contribution is 2.15. The van der Waals surface area contributed by atoms with Crippen LogP contribution in [0.25, 0.3) is 0 Å². The Labute approximate surface area is 97.2 Å². The Morgan fingerprint density at radius 3 is 2.53 bits per heavy atom. The number of nitrogens with zero attached hydrogens (tertiary/aromatic N) is 1. The maximum atomic E-state index is 11.6. The van der Waals surface area contributed by atoms with E-state index in [1.165, 1.54) is 12.3 Å². The van der Waals surface area contributed by atoms with Gasteiger partial charge in [-0.3, -0.25) is 4.79 Å². The average Bonchev–Trinajstić information content (AvgIpc) is 2.35. The molecule has 0 saturated heterocycles. The van der Waals surface area contributed by atoms with E-state index in [1.54, 1.807) is 6.92 Å². The lowest BCUT2D eigenvalue weighted by Gasteiger charge is -2.07. The van der Waals surface area contributed by atoms with Gasteiger partial charge in [0.15, 0.2) is 11.5 Å².